The number of rotatable bonds is 3. The minimum absolute atomic E-state index is 0.0251. The van der Waals surface area contributed by atoms with Crippen LogP contribution in [0.4, 0.5) is 0 Å². The summed E-state index contributed by atoms with van der Waals surface area (Å²) in [5.41, 5.74) is 1.62. The monoisotopic (exact) mass is 218 g/mol. The van der Waals surface area contributed by atoms with E-state index >= 15 is 0 Å². The summed E-state index contributed by atoms with van der Waals surface area (Å²) >= 11 is 0. The van der Waals surface area contributed by atoms with Gasteiger partial charge in [0.2, 0.25) is 0 Å². The highest BCUT2D eigenvalue weighted by atomic mass is 16.4. The Bertz CT molecular complexity index is 504. The van der Waals surface area contributed by atoms with Gasteiger partial charge in [0.1, 0.15) is 0 Å². The second-order valence-electron chi connectivity index (χ2n) is 3.39. The summed E-state index contributed by atoms with van der Waals surface area (Å²) in [6.45, 7) is 0. The van der Waals surface area contributed by atoms with Gasteiger partial charge in [-0.25, -0.2) is 4.68 Å². The summed E-state index contributed by atoms with van der Waals surface area (Å²) in [5, 5.41) is 19.8. The van der Waals surface area contributed by atoms with E-state index in [2.05, 4.69) is 15.5 Å². The molecule has 82 valence electrons. The molecule has 1 aromatic carbocycles. The maximum absolute atomic E-state index is 10.5. The van der Waals surface area contributed by atoms with Crippen molar-refractivity contribution in [2.45, 2.75) is 6.42 Å². The molecule has 0 fully saturated rings. The molecule has 0 saturated carbocycles. The van der Waals surface area contributed by atoms with Crippen molar-refractivity contribution in [1.82, 2.24) is 20.2 Å². The first-order valence-electron chi connectivity index (χ1n) is 4.70. The van der Waals surface area contributed by atoms with Gasteiger partial charge in [-0.2, -0.15) is 0 Å². The Morgan fingerprint density at radius 3 is 2.56 bits per heavy atom. The average molecular weight is 218 g/mol. The molecule has 0 saturated heterocycles. The Labute approximate surface area is 91.5 Å². The number of benzene rings is 1. The highest BCUT2D eigenvalue weighted by Gasteiger charge is 2.06. The van der Waals surface area contributed by atoms with Gasteiger partial charge in [0, 0.05) is 12.6 Å². The SMILES string of the molecule is Cn1nnnc1-c1ccc(CC(=O)O)cc1. The van der Waals surface area contributed by atoms with Crippen molar-refractivity contribution in [3.8, 4) is 11.4 Å². The maximum Gasteiger partial charge on any atom is 0.307 e. The van der Waals surface area contributed by atoms with Crippen LogP contribution in [0.15, 0.2) is 24.3 Å². The topological polar surface area (TPSA) is 80.9 Å². The van der Waals surface area contributed by atoms with E-state index in [1.165, 1.54) is 0 Å². The molecule has 0 amide bonds. The number of carbonyl (C=O) groups is 1. The first-order chi connectivity index (χ1) is 7.66. The number of tetrazole rings is 1. The number of carboxylic acids is 1. The van der Waals surface area contributed by atoms with Gasteiger partial charge < -0.3 is 5.11 Å². The Hall–Kier alpha value is -2.24. The highest BCUT2D eigenvalue weighted by Crippen LogP contribution is 2.15. The number of nitrogens with zero attached hydrogens (tertiary/aromatic N) is 4. The second-order valence-corrected chi connectivity index (χ2v) is 3.39. The molecule has 0 aliphatic heterocycles. The van der Waals surface area contributed by atoms with Crippen molar-refractivity contribution >= 4 is 5.97 Å². The van der Waals surface area contributed by atoms with Crippen LogP contribution in [0.5, 0.6) is 0 Å². The van der Waals surface area contributed by atoms with Gasteiger partial charge in [-0.3, -0.25) is 4.79 Å². The Morgan fingerprint density at radius 1 is 1.38 bits per heavy atom. The van der Waals surface area contributed by atoms with Crippen LogP contribution in [0, 0.1) is 0 Å². The summed E-state index contributed by atoms with van der Waals surface area (Å²) in [6, 6.07) is 7.14. The van der Waals surface area contributed by atoms with E-state index in [1.807, 2.05) is 12.1 Å². The normalized spacial score (nSPS) is 10.3. The van der Waals surface area contributed by atoms with Crippen LogP contribution in [0.25, 0.3) is 11.4 Å². The smallest absolute Gasteiger partial charge is 0.307 e. The van der Waals surface area contributed by atoms with Gasteiger partial charge in [-0.05, 0) is 16.0 Å². The van der Waals surface area contributed by atoms with Gasteiger partial charge in [0.05, 0.1) is 6.42 Å². The third kappa shape index (κ3) is 2.05. The molecule has 0 radical (unpaired) electrons. The molecule has 2 aromatic rings. The summed E-state index contributed by atoms with van der Waals surface area (Å²) in [4.78, 5) is 10.5. The average Bonchev–Trinajstić information content (AvgIpc) is 2.65. The summed E-state index contributed by atoms with van der Waals surface area (Å²) in [5.74, 6) is -0.185. The van der Waals surface area contributed by atoms with Crippen molar-refractivity contribution < 1.29 is 9.90 Å². The second kappa shape index (κ2) is 4.09. The molecule has 6 heteroatoms. The molecule has 0 aliphatic carbocycles. The number of hydrogen-bond donors (Lipinski definition) is 1. The lowest BCUT2D eigenvalue weighted by molar-refractivity contribution is -0.136. The summed E-state index contributed by atoms with van der Waals surface area (Å²) < 4.78 is 1.56. The summed E-state index contributed by atoms with van der Waals surface area (Å²) in [7, 11) is 1.75. The minimum atomic E-state index is -0.840. The molecular weight excluding hydrogens is 208 g/mol. The predicted octanol–water partition coefficient (Wildman–Crippen LogP) is 0.504. The van der Waals surface area contributed by atoms with Crippen LogP contribution in [-0.4, -0.2) is 31.3 Å². The fourth-order valence-electron chi connectivity index (χ4n) is 1.42. The van der Waals surface area contributed by atoms with Gasteiger partial charge in [-0.15, -0.1) is 5.10 Å². The van der Waals surface area contributed by atoms with Crippen molar-refractivity contribution in [3.63, 3.8) is 0 Å². The van der Waals surface area contributed by atoms with Crippen molar-refractivity contribution in [1.29, 1.82) is 0 Å². The lowest BCUT2D eigenvalue weighted by Crippen LogP contribution is -2.00. The van der Waals surface area contributed by atoms with E-state index < -0.39 is 5.97 Å². The first kappa shape index (κ1) is 10.3. The maximum atomic E-state index is 10.5. The molecule has 1 N–H and O–H groups in total. The Morgan fingerprint density at radius 2 is 2.06 bits per heavy atom. The van der Waals surface area contributed by atoms with E-state index in [1.54, 1.807) is 23.9 Å². The number of aromatic nitrogens is 4. The molecule has 16 heavy (non-hydrogen) atoms. The minimum Gasteiger partial charge on any atom is -0.481 e. The van der Waals surface area contributed by atoms with Crippen LogP contribution in [-0.2, 0) is 18.3 Å². The van der Waals surface area contributed by atoms with Gasteiger partial charge in [0.15, 0.2) is 5.82 Å². The number of aliphatic carboxylic acids is 1. The Kier molecular flexibility index (Phi) is 2.63. The zero-order valence-electron chi connectivity index (χ0n) is 8.66. The molecule has 2 rings (SSSR count). The molecule has 1 heterocycles. The zero-order valence-corrected chi connectivity index (χ0v) is 8.66. The van der Waals surface area contributed by atoms with Crippen molar-refractivity contribution in [2.24, 2.45) is 7.05 Å². The summed E-state index contributed by atoms with van der Waals surface area (Å²) in [6.07, 6.45) is 0.0251. The van der Waals surface area contributed by atoms with E-state index in [0.717, 1.165) is 11.1 Å². The van der Waals surface area contributed by atoms with E-state index in [-0.39, 0.29) is 6.42 Å². The van der Waals surface area contributed by atoms with Crippen LogP contribution < -0.4 is 0 Å². The fourth-order valence-corrected chi connectivity index (χ4v) is 1.42. The molecule has 0 spiro atoms. The standard InChI is InChI=1S/C10H10N4O2/c1-14-10(11-12-13-14)8-4-2-7(3-5-8)6-9(15)16/h2-5H,6H2,1H3,(H,15,16). The van der Waals surface area contributed by atoms with Crippen molar-refractivity contribution in [2.75, 3.05) is 0 Å². The third-order valence-corrected chi connectivity index (χ3v) is 2.19. The highest BCUT2D eigenvalue weighted by molar-refractivity contribution is 5.70. The van der Waals surface area contributed by atoms with E-state index in [0.29, 0.717) is 5.82 Å². The van der Waals surface area contributed by atoms with Gasteiger partial charge in [-0.1, -0.05) is 24.3 Å². The van der Waals surface area contributed by atoms with E-state index in [9.17, 15) is 4.79 Å². The van der Waals surface area contributed by atoms with Crippen LogP contribution in [0.3, 0.4) is 0 Å². The van der Waals surface area contributed by atoms with E-state index in [4.69, 9.17) is 5.11 Å². The van der Waals surface area contributed by atoms with Crippen LogP contribution >= 0.6 is 0 Å². The number of aryl methyl sites for hydroxylation is 1. The molecular formula is C10H10N4O2. The molecule has 0 unspecified atom stereocenters. The lowest BCUT2D eigenvalue weighted by Gasteiger charge is -2.00. The lowest BCUT2D eigenvalue weighted by atomic mass is 10.1. The van der Waals surface area contributed by atoms with Crippen LogP contribution in [0.1, 0.15) is 5.56 Å². The Balaban J connectivity index is 2.26. The quantitative estimate of drug-likeness (QED) is 0.811. The largest absolute Gasteiger partial charge is 0.481 e. The van der Waals surface area contributed by atoms with Gasteiger partial charge >= 0.3 is 5.97 Å². The zero-order chi connectivity index (χ0) is 11.5. The van der Waals surface area contributed by atoms with Crippen molar-refractivity contribution in [3.05, 3.63) is 29.8 Å². The first-order valence-corrected chi connectivity index (χ1v) is 4.70. The fraction of sp³-hybridized carbons (Fsp3) is 0.200. The number of carboxylic acid groups (broad SMARTS) is 1. The molecule has 0 atom stereocenters. The van der Waals surface area contributed by atoms with Crippen LogP contribution in [0.2, 0.25) is 0 Å². The third-order valence-electron chi connectivity index (χ3n) is 2.19. The van der Waals surface area contributed by atoms with Gasteiger partial charge in [0.25, 0.3) is 0 Å². The molecule has 0 aliphatic rings. The predicted molar refractivity (Wildman–Crippen MR) is 55.6 cm³/mol. The molecule has 6 nitrogen and oxygen atoms in total. The molecule has 1 aromatic heterocycles. The molecule has 0 bridgehead atoms. The number of hydrogen-bond acceptors (Lipinski definition) is 4.